The molecular formula is C26H28O. The lowest BCUT2D eigenvalue weighted by molar-refractivity contribution is -0.120. The van der Waals surface area contributed by atoms with Gasteiger partial charge in [-0.25, -0.2) is 0 Å². The van der Waals surface area contributed by atoms with Crippen molar-refractivity contribution in [3.63, 3.8) is 0 Å². The van der Waals surface area contributed by atoms with Gasteiger partial charge in [0.1, 0.15) is 5.78 Å². The number of hydrogen-bond acceptors (Lipinski definition) is 1. The van der Waals surface area contributed by atoms with Crippen LogP contribution in [0.25, 0.3) is 10.8 Å². The number of fused-ring (bicyclic) bond motifs is 6. The quantitative estimate of drug-likeness (QED) is 0.542. The van der Waals surface area contributed by atoms with Crippen LogP contribution in [-0.4, -0.2) is 5.78 Å². The molecule has 1 heteroatoms. The smallest absolute Gasteiger partial charge is 0.138 e. The largest absolute Gasteiger partial charge is 0.299 e. The molecule has 1 nitrogen and oxygen atoms in total. The zero-order chi connectivity index (χ0) is 18.0. The van der Waals surface area contributed by atoms with Crippen LogP contribution in [-0.2, 0) is 16.6 Å². The van der Waals surface area contributed by atoms with Gasteiger partial charge < -0.3 is 0 Å². The molecule has 2 unspecified atom stereocenters. The van der Waals surface area contributed by atoms with Crippen LogP contribution < -0.4 is 0 Å². The average molecular weight is 357 g/mol. The lowest BCUT2D eigenvalue weighted by atomic mass is 9.62. The van der Waals surface area contributed by atoms with Crippen LogP contribution >= 0.6 is 0 Å². The molecule has 6 rings (SSSR count). The first-order valence-electron chi connectivity index (χ1n) is 11.0. The molecule has 4 aliphatic carbocycles. The second-order valence-corrected chi connectivity index (χ2v) is 9.64. The third-order valence-electron chi connectivity index (χ3n) is 8.14. The summed E-state index contributed by atoms with van der Waals surface area (Å²) >= 11 is 0. The van der Waals surface area contributed by atoms with Gasteiger partial charge in [0.05, 0.1) is 0 Å². The minimum atomic E-state index is 0.115. The highest BCUT2D eigenvalue weighted by atomic mass is 16.1. The van der Waals surface area contributed by atoms with Gasteiger partial charge in [-0.2, -0.15) is 0 Å². The van der Waals surface area contributed by atoms with Crippen molar-refractivity contribution in [2.24, 2.45) is 5.92 Å². The lowest BCUT2D eigenvalue weighted by Gasteiger charge is -2.41. The third-order valence-corrected chi connectivity index (χ3v) is 8.14. The highest BCUT2D eigenvalue weighted by molar-refractivity contribution is 5.92. The van der Waals surface area contributed by atoms with Crippen LogP contribution in [0.5, 0.6) is 0 Å². The van der Waals surface area contributed by atoms with Gasteiger partial charge in [0.25, 0.3) is 0 Å². The van der Waals surface area contributed by atoms with Gasteiger partial charge in [-0.3, -0.25) is 4.79 Å². The highest BCUT2D eigenvalue weighted by Crippen LogP contribution is 2.58. The Morgan fingerprint density at radius 1 is 1.00 bits per heavy atom. The predicted molar refractivity (Wildman–Crippen MR) is 110 cm³/mol. The zero-order valence-electron chi connectivity index (χ0n) is 16.1. The fourth-order valence-electron chi connectivity index (χ4n) is 6.92. The first-order valence-corrected chi connectivity index (χ1v) is 11.0. The molecule has 4 aliphatic rings. The average Bonchev–Trinajstić information content (AvgIpc) is 3.28. The van der Waals surface area contributed by atoms with Crippen LogP contribution in [0.3, 0.4) is 0 Å². The molecule has 2 aromatic carbocycles. The number of benzene rings is 2. The van der Waals surface area contributed by atoms with Crippen molar-refractivity contribution in [2.75, 3.05) is 0 Å². The Balaban J connectivity index is 1.53. The van der Waals surface area contributed by atoms with Gasteiger partial charge in [0.15, 0.2) is 0 Å². The second kappa shape index (κ2) is 5.80. The molecule has 138 valence electrons. The van der Waals surface area contributed by atoms with Gasteiger partial charge >= 0.3 is 0 Å². The number of Topliss-reactive ketones (excluding diaryl/α,β-unsaturated/α-hetero) is 1. The third kappa shape index (κ3) is 2.33. The van der Waals surface area contributed by atoms with Crippen molar-refractivity contribution in [3.8, 4) is 0 Å². The van der Waals surface area contributed by atoms with Crippen molar-refractivity contribution >= 4 is 16.6 Å². The summed E-state index contributed by atoms with van der Waals surface area (Å²) in [5.74, 6) is 1.83. The molecule has 2 aromatic rings. The Morgan fingerprint density at radius 3 is 2.67 bits per heavy atom. The number of carbonyl (C=O) groups is 1. The zero-order valence-corrected chi connectivity index (χ0v) is 16.1. The van der Waals surface area contributed by atoms with Crippen LogP contribution in [0.2, 0.25) is 0 Å². The summed E-state index contributed by atoms with van der Waals surface area (Å²) < 4.78 is 0. The van der Waals surface area contributed by atoms with E-state index in [0.717, 1.165) is 12.8 Å². The van der Waals surface area contributed by atoms with E-state index in [9.17, 15) is 4.79 Å². The van der Waals surface area contributed by atoms with E-state index >= 15 is 0 Å². The molecule has 2 saturated carbocycles. The van der Waals surface area contributed by atoms with E-state index in [4.69, 9.17) is 0 Å². The fraction of sp³-hybridized carbons (Fsp3) is 0.500. The van der Waals surface area contributed by atoms with Crippen LogP contribution in [0.15, 0.2) is 42.0 Å². The number of ketones is 1. The van der Waals surface area contributed by atoms with E-state index in [1.165, 1.54) is 72.4 Å². The summed E-state index contributed by atoms with van der Waals surface area (Å²) in [5, 5.41) is 2.83. The van der Waals surface area contributed by atoms with E-state index in [-0.39, 0.29) is 5.41 Å². The standard InChI is InChI=1S/C26H28O/c27-22-12-20-13-24-19(7-4-8-23(24)18-5-2-1-3-6-18)14-25(20)26(16-22)15-17-9-10-21(26)11-17/h4,7-9,13-14,18,21H,1-3,5-6,10-12,15-16H2. The Labute approximate surface area is 161 Å². The fourth-order valence-corrected chi connectivity index (χ4v) is 6.92. The summed E-state index contributed by atoms with van der Waals surface area (Å²) in [7, 11) is 0. The monoisotopic (exact) mass is 356 g/mol. The topological polar surface area (TPSA) is 17.1 Å². The van der Waals surface area contributed by atoms with Gasteiger partial charge in [-0.05, 0) is 71.4 Å². The highest BCUT2D eigenvalue weighted by Gasteiger charge is 2.51. The molecule has 2 atom stereocenters. The minimum Gasteiger partial charge on any atom is -0.299 e. The first-order chi connectivity index (χ1) is 13.2. The van der Waals surface area contributed by atoms with Crippen molar-refractivity contribution < 1.29 is 4.79 Å². The maximum Gasteiger partial charge on any atom is 0.138 e. The maximum absolute atomic E-state index is 12.8. The Kier molecular flexibility index (Phi) is 3.46. The van der Waals surface area contributed by atoms with Gasteiger partial charge in [0.2, 0.25) is 0 Å². The van der Waals surface area contributed by atoms with E-state index in [1.54, 1.807) is 5.57 Å². The van der Waals surface area contributed by atoms with Crippen molar-refractivity contribution in [1.82, 2.24) is 0 Å². The number of rotatable bonds is 1. The maximum atomic E-state index is 12.8. The number of hydrogen-bond donors (Lipinski definition) is 0. The summed E-state index contributed by atoms with van der Waals surface area (Å²) in [4.78, 5) is 12.8. The summed E-state index contributed by atoms with van der Waals surface area (Å²) in [6.45, 7) is 0. The predicted octanol–water partition coefficient (Wildman–Crippen LogP) is 6.38. The van der Waals surface area contributed by atoms with Crippen molar-refractivity contribution in [3.05, 3.63) is 58.7 Å². The summed E-state index contributed by atoms with van der Waals surface area (Å²) in [6, 6.07) is 11.8. The molecule has 0 amide bonds. The summed E-state index contributed by atoms with van der Waals surface area (Å²) in [6.07, 6.45) is 14.2. The molecule has 1 spiro atoms. The van der Waals surface area contributed by atoms with Crippen molar-refractivity contribution in [1.29, 1.82) is 0 Å². The van der Waals surface area contributed by atoms with E-state index < -0.39 is 0 Å². The van der Waals surface area contributed by atoms with E-state index in [1.807, 2.05) is 0 Å². The van der Waals surface area contributed by atoms with Crippen LogP contribution in [0, 0.1) is 5.92 Å². The molecule has 0 saturated heterocycles. The van der Waals surface area contributed by atoms with Crippen LogP contribution in [0.1, 0.15) is 80.4 Å². The van der Waals surface area contributed by atoms with E-state index in [2.05, 4.69) is 36.4 Å². The summed E-state index contributed by atoms with van der Waals surface area (Å²) in [5.41, 5.74) is 6.12. The molecule has 0 aliphatic heterocycles. The molecule has 0 heterocycles. The normalized spacial score (nSPS) is 30.1. The molecule has 0 aromatic heterocycles. The SMILES string of the molecule is O=C1Cc2cc3c(C4CCCCC4)cccc3cc2C2(C1)CC1=CCC2C1. The van der Waals surface area contributed by atoms with Gasteiger partial charge in [0, 0.05) is 18.3 Å². The Hall–Kier alpha value is -1.89. The van der Waals surface area contributed by atoms with Crippen molar-refractivity contribution in [2.45, 2.75) is 75.5 Å². The Morgan fingerprint density at radius 2 is 1.89 bits per heavy atom. The molecule has 2 bridgehead atoms. The second-order valence-electron chi connectivity index (χ2n) is 9.64. The van der Waals surface area contributed by atoms with Gasteiger partial charge in [-0.15, -0.1) is 0 Å². The number of carbonyl (C=O) groups excluding carboxylic acids is 1. The molecule has 0 radical (unpaired) electrons. The number of allylic oxidation sites excluding steroid dienone is 2. The minimum absolute atomic E-state index is 0.115. The first kappa shape index (κ1) is 16.1. The van der Waals surface area contributed by atoms with Gasteiger partial charge in [-0.1, -0.05) is 61.2 Å². The molecule has 2 fully saturated rings. The molecule has 27 heavy (non-hydrogen) atoms. The van der Waals surface area contributed by atoms with E-state index in [0.29, 0.717) is 24.0 Å². The molecular weight excluding hydrogens is 328 g/mol. The van der Waals surface area contributed by atoms with Crippen LogP contribution in [0.4, 0.5) is 0 Å². The molecule has 0 N–H and O–H groups in total. The Bertz CT molecular complexity index is 975. The lowest BCUT2D eigenvalue weighted by Crippen LogP contribution is -2.39.